The minimum atomic E-state index is -0.544. The van der Waals surface area contributed by atoms with Crippen LogP contribution in [0.5, 0.6) is 11.5 Å². The fourth-order valence-electron chi connectivity index (χ4n) is 4.01. The monoisotopic (exact) mass is 496 g/mol. The number of fused-ring (bicyclic) bond motifs is 1. The smallest absolute Gasteiger partial charge is 0.332 e. The molecule has 9 nitrogen and oxygen atoms in total. The van der Waals surface area contributed by atoms with Crippen molar-refractivity contribution in [2.45, 2.75) is 24.8 Å². The molecule has 2 aliphatic heterocycles. The number of hydrogen-bond donors (Lipinski definition) is 0. The highest BCUT2D eigenvalue weighted by Crippen LogP contribution is 2.37. The lowest BCUT2D eigenvalue weighted by Crippen LogP contribution is -2.61. The zero-order valence-corrected chi connectivity index (χ0v) is 19.7. The van der Waals surface area contributed by atoms with E-state index in [0.29, 0.717) is 35.2 Å². The van der Waals surface area contributed by atoms with E-state index in [-0.39, 0.29) is 18.3 Å². The molecule has 0 aliphatic carbocycles. The number of anilines is 1. The molecule has 0 N–H and O–H groups in total. The van der Waals surface area contributed by atoms with Crippen molar-refractivity contribution in [1.29, 1.82) is 0 Å². The molecule has 1 aromatic heterocycles. The van der Waals surface area contributed by atoms with Crippen LogP contribution in [0.25, 0.3) is 11.4 Å². The summed E-state index contributed by atoms with van der Waals surface area (Å²) in [5.41, 5.74) is 0.952. The molecule has 3 aromatic rings. The fourth-order valence-corrected chi connectivity index (χ4v) is 5.05. The van der Waals surface area contributed by atoms with Crippen LogP contribution in [0, 0.1) is 5.82 Å². The zero-order chi connectivity index (χ0) is 24.5. The van der Waals surface area contributed by atoms with Crippen LogP contribution in [0.2, 0.25) is 0 Å². The van der Waals surface area contributed by atoms with Crippen molar-refractivity contribution in [3.05, 3.63) is 65.7 Å². The number of ether oxygens (including phenoxy) is 2. The Morgan fingerprint density at radius 3 is 2.69 bits per heavy atom. The van der Waals surface area contributed by atoms with Crippen LogP contribution in [-0.2, 0) is 11.3 Å². The van der Waals surface area contributed by atoms with E-state index in [1.165, 1.54) is 40.9 Å². The van der Waals surface area contributed by atoms with Crippen molar-refractivity contribution in [3.8, 4) is 22.9 Å². The lowest BCUT2D eigenvalue weighted by Gasteiger charge is -2.40. The molecule has 0 radical (unpaired) electrons. The Hall–Kier alpha value is -3.86. The highest BCUT2D eigenvalue weighted by Gasteiger charge is 2.48. The number of hydrogen-bond acceptors (Lipinski definition) is 8. The van der Waals surface area contributed by atoms with Crippen molar-refractivity contribution < 1.29 is 28.0 Å². The van der Waals surface area contributed by atoms with Crippen molar-refractivity contribution in [3.63, 3.8) is 0 Å². The molecular weight excluding hydrogens is 475 g/mol. The number of urea groups is 1. The lowest BCUT2D eigenvalue weighted by molar-refractivity contribution is -0.119. The standard InChI is InChI=1S/C24H21FN4O5S/c1-3-33-18-9-4-14(12-19(18)32-2)22-26-20(34-27-22)13-28-17-10-11-35-21(17)23(30)29(24(28)31)16-7-5-15(25)6-8-16/h4-12,17,21H,3,13H2,1-2H3. The van der Waals surface area contributed by atoms with E-state index in [4.69, 9.17) is 14.0 Å². The average Bonchev–Trinajstić information content (AvgIpc) is 3.54. The molecule has 3 amide bonds. The molecule has 5 rings (SSSR count). The van der Waals surface area contributed by atoms with Gasteiger partial charge in [0.2, 0.25) is 11.7 Å². The van der Waals surface area contributed by atoms with Crippen LogP contribution in [0.4, 0.5) is 14.9 Å². The van der Waals surface area contributed by atoms with Crippen LogP contribution in [0.15, 0.2) is 58.5 Å². The molecule has 1 fully saturated rings. The predicted molar refractivity (Wildman–Crippen MR) is 127 cm³/mol. The second kappa shape index (κ2) is 9.41. The third-order valence-electron chi connectivity index (χ3n) is 5.65. The molecule has 0 bridgehead atoms. The van der Waals surface area contributed by atoms with E-state index < -0.39 is 23.1 Å². The number of amides is 3. The van der Waals surface area contributed by atoms with E-state index in [9.17, 15) is 14.0 Å². The minimum absolute atomic E-state index is 0.00294. The minimum Gasteiger partial charge on any atom is -0.493 e. The quantitative estimate of drug-likeness (QED) is 0.479. The van der Waals surface area contributed by atoms with Gasteiger partial charge in [-0.15, -0.1) is 11.8 Å². The maximum absolute atomic E-state index is 13.4. The summed E-state index contributed by atoms with van der Waals surface area (Å²) in [6.45, 7) is 2.38. The lowest BCUT2D eigenvalue weighted by atomic mass is 10.1. The maximum atomic E-state index is 13.4. The number of benzene rings is 2. The molecular formula is C24H21FN4O5S. The van der Waals surface area contributed by atoms with Gasteiger partial charge in [-0.25, -0.2) is 14.1 Å². The number of methoxy groups -OCH3 is 1. The first-order valence-corrected chi connectivity index (χ1v) is 11.8. The Labute approximate surface area is 204 Å². The third kappa shape index (κ3) is 4.23. The van der Waals surface area contributed by atoms with Crippen LogP contribution in [0.1, 0.15) is 12.8 Å². The molecule has 35 heavy (non-hydrogen) atoms. The molecule has 1 saturated heterocycles. The van der Waals surface area contributed by atoms with Gasteiger partial charge in [0.1, 0.15) is 17.6 Å². The Morgan fingerprint density at radius 1 is 1.14 bits per heavy atom. The first kappa shape index (κ1) is 22.9. The van der Waals surface area contributed by atoms with Gasteiger partial charge in [0, 0.05) is 5.56 Å². The number of aromatic nitrogens is 2. The molecule has 2 atom stereocenters. The first-order chi connectivity index (χ1) is 17.0. The van der Waals surface area contributed by atoms with Gasteiger partial charge in [0.25, 0.3) is 5.91 Å². The normalized spacial score (nSPS) is 19.3. The van der Waals surface area contributed by atoms with Gasteiger partial charge in [-0.2, -0.15) is 4.98 Å². The fraction of sp³-hybridized carbons (Fsp3) is 0.250. The first-order valence-electron chi connectivity index (χ1n) is 10.9. The summed E-state index contributed by atoms with van der Waals surface area (Å²) in [5, 5.41) is 5.33. The van der Waals surface area contributed by atoms with Gasteiger partial charge in [0.15, 0.2) is 11.5 Å². The largest absolute Gasteiger partial charge is 0.493 e. The summed E-state index contributed by atoms with van der Waals surface area (Å²) in [6.07, 6.45) is 1.81. The molecule has 0 saturated carbocycles. The Balaban J connectivity index is 1.41. The molecule has 2 aliphatic rings. The summed E-state index contributed by atoms with van der Waals surface area (Å²) >= 11 is 1.33. The number of rotatable bonds is 7. The molecule has 3 heterocycles. The summed E-state index contributed by atoms with van der Waals surface area (Å²) in [6, 6.07) is 9.52. The van der Waals surface area contributed by atoms with Crippen molar-refractivity contribution >= 4 is 29.4 Å². The summed E-state index contributed by atoms with van der Waals surface area (Å²) < 4.78 is 29.8. The van der Waals surface area contributed by atoms with Crippen molar-refractivity contribution in [1.82, 2.24) is 15.0 Å². The van der Waals surface area contributed by atoms with Crippen LogP contribution >= 0.6 is 11.8 Å². The number of halogens is 1. The topological polar surface area (TPSA) is 98.0 Å². The van der Waals surface area contributed by atoms with Crippen molar-refractivity contribution in [2.75, 3.05) is 18.6 Å². The van der Waals surface area contributed by atoms with Gasteiger partial charge in [-0.3, -0.25) is 4.79 Å². The Kier molecular flexibility index (Phi) is 6.16. The van der Waals surface area contributed by atoms with E-state index >= 15 is 0 Å². The average molecular weight is 497 g/mol. The number of carbonyl (C=O) groups excluding carboxylic acids is 2. The highest BCUT2D eigenvalue weighted by atomic mass is 32.2. The van der Waals surface area contributed by atoms with E-state index in [0.717, 1.165) is 4.90 Å². The van der Waals surface area contributed by atoms with Crippen LogP contribution in [0.3, 0.4) is 0 Å². The van der Waals surface area contributed by atoms with Crippen molar-refractivity contribution in [2.24, 2.45) is 0 Å². The maximum Gasteiger partial charge on any atom is 0.332 e. The second-order valence-electron chi connectivity index (χ2n) is 7.75. The Bertz CT molecular complexity index is 1300. The van der Waals surface area contributed by atoms with Gasteiger partial charge in [-0.05, 0) is 54.8 Å². The predicted octanol–water partition coefficient (Wildman–Crippen LogP) is 4.25. The summed E-state index contributed by atoms with van der Waals surface area (Å²) in [4.78, 5) is 33.5. The van der Waals surface area contributed by atoms with Gasteiger partial charge < -0.3 is 18.9 Å². The SMILES string of the molecule is CCOc1ccc(-c2noc(CN3C(=O)N(c4ccc(F)cc4)C(=O)C4SC=CC43)n2)cc1OC. The van der Waals surface area contributed by atoms with E-state index in [1.807, 2.05) is 13.0 Å². The van der Waals surface area contributed by atoms with Crippen LogP contribution < -0.4 is 14.4 Å². The molecule has 2 unspecified atom stereocenters. The second-order valence-corrected chi connectivity index (χ2v) is 8.80. The molecule has 0 spiro atoms. The zero-order valence-electron chi connectivity index (χ0n) is 18.9. The van der Waals surface area contributed by atoms with E-state index in [1.54, 1.807) is 30.7 Å². The highest BCUT2D eigenvalue weighted by molar-refractivity contribution is 8.03. The number of imide groups is 1. The third-order valence-corrected chi connectivity index (χ3v) is 6.74. The Morgan fingerprint density at radius 2 is 1.94 bits per heavy atom. The molecule has 180 valence electrons. The summed E-state index contributed by atoms with van der Waals surface area (Å²) in [7, 11) is 1.54. The summed E-state index contributed by atoms with van der Waals surface area (Å²) in [5.74, 6) is 0.853. The molecule has 11 heteroatoms. The van der Waals surface area contributed by atoms with Gasteiger partial charge in [-0.1, -0.05) is 11.2 Å². The number of thioether (sulfide) groups is 1. The van der Waals surface area contributed by atoms with Crippen LogP contribution in [-0.4, -0.2) is 52.0 Å². The van der Waals surface area contributed by atoms with E-state index in [2.05, 4.69) is 10.1 Å². The van der Waals surface area contributed by atoms with Gasteiger partial charge >= 0.3 is 6.03 Å². The molecule has 2 aromatic carbocycles. The number of nitrogens with zero attached hydrogens (tertiary/aromatic N) is 4. The van der Waals surface area contributed by atoms with Gasteiger partial charge in [0.05, 0.1) is 25.4 Å². The number of carbonyl (C=O) groups is 2.